The summed E-state index contributed by atoms with van der Waals surface area (Å²) in [5, 5.41) is 17.1. The number of likely N-dealkylation sites (tertiary alicyclic amines) is 1. The summed E-state index contributed by atoms with van der Waals surface area (Å²) in [4.78, 5) is 2.36. The molecular formula is C12H25N3O. The van der Waals surface area contributed by atoms with E-state index < -0.39 is 0 Å². The quantitative estimate of drug-likeness (QED) is 0.496. The zero-order chi connectivity index (χ0) is 12.3. The lowest BCUT2D eigenvalue weighted by Crippen LogP contribution is -2.44. The highest BCUT2D eigenvalue weighted by atomic mass is 16.3. The van der Waals surface area contributed by atoms with Crippen molar-refractivity contribution < 1.29 is 5.11 Å². The van der Waals surface area contributed by atoms with Crippen LogP contribution in [-0.4, -0.2) is 41.6 Å². The van der Waals surface area contributed by atoms with Crippen LogP contribution in [0.15, 0.2) is 0 Å². The topological polar surface area (TPSA) is 73.3 Å². The van der Waals surface area contributed by atoms with Gasteiger partial charge in [0.1, 0.15) is 0 Å². The molecule has 0 aliphatic carbocycles. The number of rotatable bonds is 4. The fourth-order valence-corrected chi connectivity index (χ4v) is 1.99. The first-order valence-electron chi connectivity index (χ1n) is 6.08. The van der Waals surface area contributed by atoms with Crippen LogP contribution in [0.25, 0.3) is 0 Å². The van der Waals surface area contributed by atoms with Gasteiger partial charge in [-0.1, -0.05) is 20.8 Å². The number of amidine groups is 1. The molecule has 94 valence electrons. The standard InChI is InChI=1S/C12H25N3O/c1-9-8-15(6-4-10(9)16)7-5-12(2,3)11(13)14/h9-10,16H,4-8H2,1-3H3,(H3,13,14). The molecule has 16 heavy (non-hydrogen) atoms. The van der Waals surface area contributed by atoms with Gasteiger partial charge in [0.15, 0.2) is 0 Å². The number of hydrogen-bond donors (Lipinski definition) is 3. The maximum atomic E-state index is 9.63. The first-order valence-corrected chi connectivity index (χ1v) is 6.08. The molecule has 4 N–H and O–H groups in total. The highest BCUT2D eigenvalue weighted by Crippen LogP contribution is 2.22. The van der Waals surface area contributed by atoms with Crippen molar-refractivity contribution in [3.63, 3.8) is 0 Å². The van der Waals surface area contributed by atoms with E-state index in [4.69, 9.17) is 11.1 Å². The summed E-state index contributed by atoms with van der Waals surface area (Å²) in [6.07, 6.45) is 1.63. The number of hydrogen-bond acceptors (Lipinski definition) is 3. The van der Waals surface area contributed by atoms with Crippen LogP contribution < -0.4 is 5.73 Å². The second kappa shape index (κ2) is 5.15. The van der Waals surface area contributed by atoms with Crippen molar-refractivity contribution in [3.8, 4) is 0 Å². The summed E-state index contributed by atoms with van der Waals surface area (Å²) >= 11 is 0. The van der Waals surface area contributed by atoms with Gasteiger partial charge in [-0.2, -0.15) is 0 Å². The van der Waals surface area contributed by atoms with Crippen molar-refractivity contribution in [3.05, 3.63) is 0 Å². The molecule has 1 rings (SSSR count). The number of nitrogens with two attached hydrogens (primary N) is 1. The third kappa shape index (κ3) is 3.46. The Kier molecular flexibility index (Phi) is 4.33. The Labute approximate surface area is 98.3 Å². The molecule has 0 amide bonds. The van der Waals surface area contributed by atoms with E-state index in [1.165, 1.54) is 0 Å². The fraction of sp³-hybridized carbons (Fsp3) is 0.917. The van der Waals surface area contributed by atoms with E-state index in [2.05, 4.69) is 11.8 Å². The Bertz CT molecular complexity index is 253. The lowest BCUT2D eigenvalue weighted by molar-refractivity contribution is 0.0326. The number of nitrogens with zero attached hydrogens (tertiary/aromatic N) is 1. The first kappa shape index (κ1) is 13.5. The van der Waals surface area contributed by atoms with Crippen LogP contribution >= 0.6 is 0 Å². The van der Waals surface area contributed by atoms with Crippen LogP contribution in [0.1, 0.15) is 33.6 Å². The molecule has 0 bridgehead atoms. The molecule has 4 nitrogen and oxygen atoms in total. The minimum absolute atomic E-state index is 0.142. The molecule has 0 aromatic rings. The van der Waals surface area contributed by atoms with Crippen molar-refractivity contribution in [2.75, 3.05) is 19.6 Å². The number of aliphatic hydroxyl groups is 1. The van der Waals surface area contributed by atoms with E-state index in [0.29, 0.717) is 5.92 Å². The highest BCUT2D eigenvalue weighted by Gasteiger charge is 2.27. The lowest BCUT2D eigenvalue weighted by Gasteiger charge is -2.36. The van der Waals surface area contributed by atoms with Crippen molar-refractivity contribution in [2.24, 2.45) is 17.1 Å². The summed E-state index contributed by atoms with van der Waals surface area (Å²) in [5.41, 5.74) is 5.35. The summed E-state index contributed by atoms with van der Waals surface area (Å²) in [7, 11) is 0. The van der Waals surface area contributed by atoms with Gasteiger partial charge in [-0.3, -0.25) is 5.41 Å². The normalized spacial score (nSPS) is 28.0. The van der Waals surface area contributed by atoms with Crippen LogP contribution in [-0.2, 0) is 0 Å². The summed E-state index contributed by atoms with van der Waals surface area (Å²) in [5.74, 6) is 0.617. The predicted octanol–water partition coefficient (Wildman–Crippen LogP) is 1.04. The average Bonchev–Trinajstić information content (AvgIpc) is 2.20. The summed E-state index contributed by atoms with van der Waals surface area (Å²) in [6, 6.07) is 0. The Hall–Kier alpha value is -0.610. The minimum atomic E-state index is -0.209. The van der Waals surface area contributed by atoms with E-state index in [1.54, 1.807) is 0 Å². The Balaban J connectivity index is 2.36. The van der Waals surface area contributed by atoms with Crippen LogP contribution in [0.4, 0.5) is 0 Å². The molecule has 1 heterocycles. The Morgan fingerprint density at radius 1 is 1.56 bits per heavy atom. The predicted molar refractivity (Wildman–Crippen MR) is 66.5 cm³/mol. The Morgan fingerprint density at radius 3 is 2.69 bits per heavy atom. The second-order valence-electron chi connectivity index (χ2n) is 5.68. The smallest absolute Gasteiger partial charge is 0.0963 e. The summed E-state index contributed by atoms with van der Waals surface area (Å²) in [6.45, 7) is 8.99. The van der Waals surface area contributed by atoms with Crippen molar-refractivity contribution >= 4 is 5.84 Å². The number of aliphatic hydroxyl groups excluding tert-OH is 1. The van der Waals surface area contributed by atoms with Gasteiger partial charge in [-0.25, -0.2) is 0 Å². The van der Waals surface area contributed by atoms with Crippen LogP contribution in [0.2, 0.25) is 0 Å². The van der Waals surface area contributed by atoms with E-state index in [1.807, 2.05) is 13.8 Å². The van der Waals surface area contributed by atoms with E-state index in [9.17, 15) is 5.11 Å². The van der Waals surface area contributed by atoms with Crippen LogP contribution in [0.3, 0.4) is 0 Å². The molecule has 2 unspecified atom stereocenters. The van der Waals surface area contributed by atoms with Gasteiger partial charge in [0, 0.05) is 18.5 Å². The zero-order valence-corrected chi connectivity index (χ0v) is 10.7. The third-order valence-electron chi connectivity index (χ3n) is 3.73. The molecule has 0 saturated carbocycles. The second-order valence-corrected chi connectivity index (χ2v) is 5.68. The zero-order valence-electron chi connectivity index (χ0n) is 10.7. The van der Waals surface area contributed by atoms with Gasteiger partial charge in [-0.15, -0.1) is 0 Å². The van der Waals surface area contributed by atoms with Crippen LogP contribution in [0.5, 0.6) is 0 Å². The largest absolute Gasteiger partial charge is 0.393 e. The number of nitrogens with one attached hydrogen (secondary N) is 1. The monoisotopic (exact) mass is 227 g/mol. The molecule has 1 saturated heterocycles. The molecule has 0 spiro atoms. The van der Waals surface area contributed by atoms with E-state index >= 15 is 0 Å². The molecule has 1 aliphatic rings. The molecule has 4 heteroatoms. The molecule has 0 aromatic carbocycles. The molecule has 0 radical (unpaired) electrons. The van der Waals surface area contributed by atoms with Gasteiger partial charge in [-0.05, 0) is 25.3 Å². The molecule has 2 atom stereocenters. The van der Waals surface area contributed by atoms with Crippen molar-refractivity contribution in [2.45, 2.75) is 39.7 Å². The fourth-order valence-electron chi connectivity index (χ4n) is 1.99. The SMILES string of the molecule is CC1CN(CCC(C)(C)C(=N)N)CCC1O. The van der Waals surface area contributed by atoms with Gasteiger partial charge in [0.25, 0.3) is 0 Å². The number of piperidine rings is 1. The maximum absolute atomic E-state index is 9.63. The third-order valence-corrected chi connectivity index (χ3v) is 3.73. The minimum Gasteiger partial charge on any atom is -0.393 e. The van der Waals surface area contributed by atoms with Gasteiger partial charge in [0.05, 0.1) is 11.9 Å². The maximum Gasteiger partial charge on any atom is 0.0963 e. The van der Waals surface area contributed by atoms with Gasteiger partial charge < -0.3 is 15.7 Å². The Morgan fingerprint density at radius 2 is 2.19 bits per heavy atom. The van der Waals surface area contributed by atoms with Crippen molar-refractivity contribution in [1.29, 1.82) is 5.41 Å². The molecule has 1 fully saturated rings. The van der Waals surface area contributed by atoms with Gasteiger partial charge in [0.2, 0.25) is 0 Å². The van der Waals surface area contributed by atoms with Gasteiger partial charge >= 0.3 is 0 Å². The van der Waals surface area contributed by atoms with Crippen LogP contribution in [0, 0.1) is 16.7 Å². The molecule has 0 aromatic heterocycles. The van der Waals surface area contributed by atoms with E-state index in [-0.39, 0.29) is 17.4 Å². The molecule has 1 aliphatic heterocycles. The highest BCUT2D eigenvalue weighted by molar-refractivity contribution is 5.82. The summed E-state index contributed by atoms with van der Waals surface area (Å²) < 4.78 is 0. The lowest BCUT2D eigenvalue weighted by atomic mass is 9.87. The molecular weight excluding hydrogens is 202 g/mol. The first-order chi connectivity index (χ1) is 7.33. The van der Waals surface area contributed by atoms with E-state index in [0.717, 1.165) is 32.5 Å². The van der Waals surface area contributed by atoms with Crippen molar-refractivity contribution in [1.82, 2.24) is 4.90 Å². The average molecular weight is 227 g/mol.